The van der Waals surface area contributed by atoms with Gasteiger partial charge in [0.2, 0.25) is 0 Å². The molecule has 11 heteroatoms. The molecule has 3 rings (SSSR count). The summed E-state index contributed by atoms with van der Waals surface area (Å²) in [7, 11) is 0. The summed E-state index contributed by atoms with van der Waals surface area (Å²) >= 11 is 11.9. The number of nitrogens with one attached hydrogen (secondary N) is 1. The Morgan fingerprint density at radius 3 is 2.81 bits per heavy atom. The molecule has 9 nitrogen and oxygen atoms in total. The molecule has 2 aromatic heterocycles. The Hall–Kier alpha value is -2.91. The predicted octanol–water partition coefficient (Wildman–Crippen LogP) is 3.70. The number of nitro groups is 1. The van der Waals surface area contributed by atoms with Gasteiger partial charge in [-0.1, -0.05) is 28.4 Å². The van der Waals surface area contributed by atoms with E-state index in [4.69, 9.17) is 27.7 Å². The minimum Gasteiger partial charge on any atom is -0.361 e. The summed E-state index contributed by atoms with van der Waals surface area (Å²) < 4.78 is 6.41. The Labute approximate surface area is 156 Å². The molecule has 0 saturated carbocycles. The van der Waals surface area contributed by atoms with Crippen molar-refractivity contribution < 1.29 is 14.2 Å². The Bertz CT molecular complexity index is 998. The van der Waals surface area contributed by atoms with Crippen LogP contribution < -0.4 is 5.32 Å². The summed E-state index contributed by atoms with van der Waals surface area (Å²) in [5.74, 6) is -0.434. The quantitative estimate of drug-likeness (QED) is 0.519. The number of hydrogen-bond acceptors (Lipinski definition) is 6. The fraction of sp³-hybridized carbons (Fsp3) is 0.133. The van der Waals surface area contributed by atoms with Crippen molar-refractivity contribution in [1.82, 2.24) is 14.9 Å². The second kappa shape index (κ2) is 7.14. The summed E-state index contributed by atoms with van der Waals surface area (Å²) in [5.41, 5.74) is 0.847. The van der Waals surface area contributed by atoms with Crippen molar-refractivity contribution in [3.05, 3.63) is 67.6 Å². The van der Waals surface area contributed by atoms with E-state index in [2.05, 4.69) is 15.6 Å². The normalized spacial score (nSPS) is 10.7. The molecule has 0 aliphatic carbocycles. The van der Waals surface area contributed by atoms with Crippen LogP contribution in [0.4, 0.5) is 11.5 Å². The number of anilines is 1. The van der Waals surface area contributed by atoms with Crippen LogP contribution in [0.3, 0.4) is 0 Å². The summed E-state index contributed by atoms with van der Waals surface area (Å²) in [6.45, 7) is 1.71. The van der Waals surface area contributed by atoms with E-state index in [1.807, 2.05) is 0 Å². The van der Waals surface area contributed by atoms with Crippen LogP contribution >= 0.6 is 23.2 Å². The highest BCUT2D eigenvalue weighted by molar-refractivity contribution is 6.36. The molecule has 0 atom stereocenters. The van der Waals surface area contributed by atoms with Crippen LogP contribution in [0.2, 0.25) is 10.0 Å². The number of nitrogens with zero attached hydrogens (tertiary/aromatic N) is 4. The monoisotopic (exact) mass is 395 g/mol. The number of carbonyl (C=O) groups excluding carboxylic acids is 1. The highest BCUT2D eigenvalue weighted by Crippen LogP contribution is 2.26. The first-order valence-electron chi connectivity index (χ1n) is 7.24. The molecule has 134 valence electrons. The van der Waals surface area contributed by atoms with Gasteiger partial charge in [0, 0.05) is 5.02 Å². The lowest BCUT2D eigenvalue weighted by molar-refractivity contribution is -0.389. The van der Waals surface area contributed by atoms with Crippen molar-refractivity contribution in [1.29, 1.82) is 0 Å². The van der Waals surface area contributed by atoms with E-state index in [9.17, 15) is 14.9 Å². The molecule has 0 unspecified atom stereocenters. The number of aromatic nitrogens is 3. The zero-order chi connectivity index (χ0) is 18.8. The van der Waals surface area contributed by atoms with E-state index in [1.54, 1.807) is 19.1 Å². The highest BCUT2D eigenvalue weighted by atomic mass is 35.5. The number of aryl methyl sites for hydroxylation is 1. The van der Waals surface area contributed by atoms with Gasteiger partial charge in [-0.3, -0.25) is 4.79 Å². The number of carbonyl (C=O) groups is 1. The van der Waals surface area contributed by atoms with Gasteiger partial charge in [0.15, 0.2) is 5.69 Å². The molecule has 0 aliphatic heterocycles. The Kier molecular flexibility index (Phi) is 4.92. The van der Waals surface area contributed by atoms with E-state index in [0.29, 0.717) is 22.0 Å². The van der Waals surface area contributed by atoms with Crippen LogP contribution in [0.1, 0.15) is 21.8 Å². The van der Waals surface area contributed by atoms with Crippen molar-refractivity contribution in [2.45, 2.75) is 13.5 Å². The lowest BCUT2D eigenvalue weighted by Gasteiger charge is -2.07. The summed E-state index contributed by atoms with van der Waals surface area (Å²) in [4.78, 5) is 22.7. The van der Waals surface area contributed by atoms with Gasteiger partial charge in [0.1, 0.15) is 5.76 Å². The zero-order valence-electron chi connectivity index (χ0n) is 13.3. The second-order valence-corrected chi connectivity index (χ2v) is 6.12. The predicted molar refractivity (Wildman–Crippen MR) is 93.6 cm³/mol. The number of benzene rings is 1. The molecule has 2 heterocycles. The molecule has 1 N–H and O–H groups in total. The molecule has 3 aromatic rings. The molecule has 0 spiro atoms. The van der Waals surface area contributed by atoms with E-state index in [1.165, 1.54) is 23.0 Å². The topological polar surface area (TPSA) is 116 Å². The third-order valence-corrected chi connectivity index (χ3v) is 4.06. The first kappa shape index (κ1) is 17.9. The lowest BCUT2D eigenvalue weighted by atomic mass is 10.2. The van der Waals surface area contributed by atoms with Gasteiger partial charge in [0.05, 0.1) is 40.2 Å². The largest absolute Gasteiger partial charge is 0.389 e. The van der Waals surface area contributed by atoms with Gasteiger partial charge in [-0.05, 0) is 30.0 Å². The molecule has 0 aliphatic rings. The third-order valence-electron chi connectivity index (χ3n) is 3.51. The first-order chi connectivity index (χ1) is 12.3. The van der Waals surface area contributed by atoms with Crippen molar-refractivity contribution in [2.24, 2.45) is 0 Å². The maximum Gasteiger partial charge on any atom is 0.389 e. The summed E-state index contributed by atoms with van der Waals surface area (Å²) in [5, 5.41) is 21.6. The molecule has 0 fully saturated rings. The fourth-order valence-corrected chi connectivity index (χ4v) is 2.68. The van der Waals surface area contributed by atoms with Crippen molar-refractivity contribution in [2.75, 3.05) is 5.32 Å². The third kappa shape index (κ3) is 3.68. The van der Waals surface area contributed by atoms with Crippen LogP contribution in [0.25, 0.3) is 0 Å². The van der Waals surface area contributed by atoms with Crippen LogP contribution in [0.5, 0.6) is 0 Å². The number of amides is 1. The van der Waals surface area contributed by atoms with Crippen molar-refractivity contribution in [3.63, 3.8) is 0 Å². The maximum atomic E-state index is 12.5. The standard InChI is InChI=1S/C15H11Cl2N5O4/c1-8-10(7-21-5-4-13(19-21)22(24)25)14(20-26-8)15(23)18-12-3-2-9(16)6-11(12)17/h2-6H,7H2,1H3,(H,18,23). The lowest BCUT2D eigenvalue weighted by Crippen LogP contribution is -2.16. The van der Waals surface area contributed by atoms with E-state index in [0.717, 1.165) is 0 Å². The SMILES string of the molecule is Cc1onc(C(=O)Nc2ccc(Cl)cc2Cl)c1Cn1ccc([N+](=O)[O-])n1. The van der Waals surface area contributed by atoms with Gasteiger partial charge in [-0.25, -0.2) is 0 Å². The number of hydrogen-bond donors (Lipinski definition) is 1. The molecule has 0 saturated heterocycles. The second-order valence-electron chi connectivity index (χ2n) is 5.27. The molecule has 1 amide bonds. The summed E-state index contributed by atoms with van der Waals surface area (Å²) in [6.07, 6.45) is 1.43. The Morgan fingerprint density at radius 1 is 1.38 bits per heavy atom. The van der Waals surface area contributed by atoms with Gasteiger partial charge in [-0.2, -0.15) is 4.68 Å². The number of rotatable bonds is 5. The zero-order valence-corrected chi connectivity index (χ0v) is 14.8. The van der Waals surface area contributed by atoms with Gasteiger partial charge in [-0.15, -0.1) is 0 Å². The Morgan fingerprint density at radius 2 is 2.15 bits per heavy atom. The van der Waals surface area contributed by atoms with Gasteiger partial charge < -0.3 is 20.0 Å². The summed E-state index contributed by atoms with van der Waals surface area (Å²) in [6, 6.07) is 5.90. The van der Waals surface area contributed by atoms with Crippen LogP contribution in [-0.2, 0) is 6.54 Å². The maximum absolute atomic E-state index is 12.5. The van der Waals surface area contributed by atoms with E-state index >= 15 is 0 Å². The smallest absolute Gasteiger partial charge is 0.361 e. The first-order valence-corrected chi connectivity index (χ1v) is 8.00. The van der Waals surface area contributed by atoms with Crippen LogP contribution in [-0.4, -0.2) is 25.8 Å². The highest BCUT2D eigenvalue weighted by Gasteiger charge is 2.23. The minimum atomic E-state index is -0.604. The average molecular weight is 396 g/mol. The molecular weight excluding hydrogens is 385 g/mol. The average Bonchev–Trinajstić information content (AvgIpc) is 3.18. The molecule has 26 heavy (non-hydrogen) atoms. The van der Waals surface area contributed by atoms with Crippen molar-refractivity contribution >= 4 is 40.6 Å². The fourth-order valence-electron chi connectivity index (χ4n) is 2.23. The number of halogens is 2. The Balaban J connectivity index is 1.84. The van der Waals surface area contributed by atoms with Crippen LogP contribution in [0.15, 0.2) is 35.0 Å². The molecular formula is C15H11Cl2N5O4. The van der Waals surface area contributed by atoms with Crippen LogP contribution in [0, 0.1) is 17.0 Å². The van der Waals surface area contributed by atoms with Crippen molar-refractivity contribution in [3.8, 4) is 0 Å². The van der Waals surface area contributed by atoms with Gasteiger partial charge >= 0.3 is 5.82 Å². The van der Waals surface area contributed by atoms with E-state index in [-0.39, 0.29) is 23.1 Å². The molecule has 1 aromatic carbocycles. The van der Waals surface area contributed by atoms with E-state index < -0.39 is 10.8 Å². The minimum absolute atomic E-state index is 0.0340. The molecule has 0 radical (unpaired) electrons. The van der Waals surface area contributed by atoms with Gasteiger partial charge in [0.25, 0.3) is 5.91 Å². The molecule has 0 bridgehead atoms.